The fraction of sp³-hybridized carbons (Fsp3) is 0.583. The smallest absolute Gasteiger partial charge is 0.0887 e. The first-order valence-corrected chi connectivity index (χ1v) is 6.53. The molecule has 4 heteroatoms. The molecule has 1 atom stereocenters. The van der Waals surface area contributed by atoms with E-state index in [9.17, 15) is 0 Å². The van der Waals surface area contributed by atoms with Crippen LogP contribution in [0, 0.1) is 5.92 Å². The summed E-state index contributed by atoms with van der Waals surface area (Å²) in [6, 6.07) is 3.98. The first kappa shape index (κ1) is 12.0. The van der Waals surface area contributed by atoms with Crippen molar-refractivity contribution in [1.82, 2.24) is 10.3 Å². The summed E-state index contributed by atoms with van der Waals surface area (Å²) in [4.78, 5) is 4.27. The third-order valence-electron chi connectivity index (χ3n) is 2.79. The Hall–Kier alpha value is -0.450. The molecule has 0 aromatic carbocycles. The van der Waals surface area contributed by atoms with Gasteiger partial charge in [0.15, 0.2) is 0 Å². The summed E-state index contributed by atoms with van der Waals surface area (Å²) < 4.78 is 6.69. The van der Waals surface area contributed by atoms with Crippen molar-refractivity contribution in [3.05, 3.63) is 28.5 Å². The van der Waals surface area contributed by atoms with Gasteiger partial charge in [-0.05, 0) is 53.4 Å². The second kappa shape index (κ2) is 6.33. The molecule has 1 saturated heterocycles. The molecule has 2 heterocycles. The lowest BCUT2D eigenvalue weighted by atomic mass is 10.0. The fourth-order valence-corrected chi connectivity index (χ4v) is 2.12. The number of ether oxygens (including phenoxy) is 1. The van der Waals surface area contributed by atoms with Gasteiger partial charge in [-0.1, -0.05) is 0 Å². The Morgan fingerprint density at radius 1 is 1.50 bits per heavy atom. The monoisotopic (exact) mass is 284 g/mol. The lowest BCUT2D eigenvalue weighted by molar-refractivity contribution is 0.0763. The number of rotatable bonds is 4. The molecule has 88 valence electrons. The number of hydrogen-bond acceptors (Lipinski definition) is 3. The van der Waals surface area contributed by atoms with Gasteiger partial charge in [0.25, 0.3) is 0 Å². The molecule has 0 saturated carbocycles. The molecule has 1 aliphatic rings. The van der Waals surface area contributed by atoms with E-state index in [1.807, 2.05) is 12.1 Å². The maximum absolute atomic E-state index is 5.68. The Morgan fingerprint density at radius 3 is 3.12 bits per heavy atom. The predicted octanol–water partition coefficient (Wildman–Crippen LogP) is 2.36. The minimum Gasteiger partial charge on any atom is -0.375 e. The number of halogens is 1. The van der Waals surface area contributed by atoms with Crippen molar-refractivity contribution in [1.29, 1.82) is 0 Å². The summed E-state index contributed by atoms with van der Waals surface area (Å²) in [6.07, 6.45) is 4.35. The third-order valence-corrected chi connectivity index (χ3v) is 3.26. The van der Waals surface area contributed by atoms with Crippen LogP contribution in [0.15, 0.2) is 22.8 Å². The molecule has 0 spiro atoms. The van der Waals surface area contributed by atoms with Crippen molar-refractivity contribution in [2.24, 2.45) is 5.92 Å². The van der Waals surface area contributed by atoms with Crippen LogP contribution in [0.25, 0.3) is 0 Å². The summed E-state index contributed by atoms with van der Waals surface area (Å²) in [5, 5.41) is 3.39. The van der Waals surface area contributed by atoms with E-state index in [4.69, 9.17) is 4.74 Å². The molecule has 1 aromatic rings. The number of pyridine rings is 1. The van der Waals surface area contributed by atoms with Gasteiger partial charge in [0, 0.05) is 17.2 Å². The Labute approximate surface area is 105 Å². The first-order chi connectivity index (χ1) is 7.84. The second-order valence-corrected chi connectivity index (χ2v) is 5.11. The van der Waals surface area contributed by atoms with E-state index in [1.54, 1.807) is 6.20 Å². The van der Waals surface area contributed by atoms with Crippen LogP contribution in [-0.2, 0) is 11.3 Å². The highest BCUT2D eigenvalue weighted by Gasteiger charge is 2.12. The summed E-state index contributed by atoms with van der Waals surface area (Å²) >= 11 is 3.36. The van der Waals surface area contributed by atoms with E-state index in [-0.39, 0.29) is 0 Å². The Bertz CT molecular complexity index is 309. The zero-order valence-corrected chi connectivity index (χ0v) is 10.9. The molecule has 1 N–H and O–H groups in total. The minimum absolute atomic E-state index is 0.615. The van der Waals surface area contributed by atoms with Crippen LogP contribution in [0.1, 0.15) is 18.5 Å². The highest BCUT2D eigenvalue weighted by molar-refractivity contribution is 9.10. The standard InChI is InChI=1S/C12H17BrN2O/c13-11-3-4-12(15-7-11)9-16-8-10-2-1-5-14-6-10/h3-4,7,10,14H,1-2,5-6,8-9H2. The van der Waals surface area contributed by atoms with E-state index in [2.05, 4.69) is 26.2 Å². The van der Waals surface area contributed by atoms with Gasteiger partial charge in [0.05, 0.1) is 18.9 Å². The SMILES string of the molecule is Brc1ccc(COCC2CCCNC2)nc1. The molecule has 0 amide bonds. The lowest BCUT2D eigenvalue weighted by Crippen LogP contribution is -2.32. The normalized spacial score (nSPS) is 20.9. The molecule has 1 aliphatic heterocycles. The number of piperidine rings is 1. The average Bonchev–Trinajstić information content (AvgIpc) is 2.33. The molecular formula is C12H17BrN2O. The van der Waals surface area contributed by atoms with Gasteiger partial charge in [0.1, 0.15) is 0 Å². The molecule has 1 aromatic heterocycles. The van der Waals surface area contributed by atoms with Crippen LogP contribution in [0.4, 0.5) is 0 Å². The van der Waals surface area contributed by atoms with Crippen LogP contribution in [0.3, 0.4) is 0 Å². The van der Waals surface area contributed by atoms with Crippen molar-refractivity contribution in [2.45, 2.75) is 19.4 Å². The first-order valence-electron chi connectivity index (χ1n) is 5.73. The maximum atomic E-state index is 5.68. The molecule has 0 radical (unpaired) electrons. The van der Waals surface area contributed by atoms with Crippen molar-refractivity contribution in [3.63, 3.8) is 0 Å². The average molecular weight is 285 g/mol. The molecule has 0 aliphatic carbocycles. The minimum atomic E-state index is 0.615. The van der Waals surface area contributed by atoms with Crippen LogP contribution in [-0.4, -0.2) is 24.7 Å². The fourth-order valence-electron chi connectivity index (χ4n) is 1.89. The quantitative estimate of drug-likeness (QED) is 0.922. The van der Waals surface area contributed by atoms with Gasteiger partial charge in [-0.25, -0.2) is 0 Å². The maximum Gasteiger partial charge on any atom is 0.0887 e. The summed E-state index contributed by atoms with van der Waals surface area (Å²) in [5.41, 5.74) is 0.993. The van der Waals surface area contributed by atoms with E-state index in [0.717, 1.165) is 29.9 Å². The van der Waals surface area contributed by atoms with Crippen LogP contribution in [0.2, 0.25) is 0 Å². The van der Waals surface area contributed by atoms with Gasteiger partial charge in [0.2, 0.25) is 0 Å². The van der Waals surface area contributed by atoms with Crippen molar-refractivity contribution < 1.29 is 4.74 Å². The van der Waals surface area contributed by atoms with Crippen molar-refractivity contribution >= 4 is 15.9 Å². The Balaban J connectivity index is 1.69. The topological polar surface area (TPSA) is 34.1 Å². The molecule has 2 rings (SSSR count). The van der Waals surface area contributed by atoms with Gasteiger partial charge in [-0.2, -0.15) is 0 Å². The van der Waals surface area contributed by atoms with E-state index < -0.39 is 0 Å². The van der Waals surface area contributed by atoms with Crippen LogP contribution < -0.4 is 5.32 Å². The van der Waals surface area contributed by atoms with Crippen LogP contribution >= 0.6 is 15.9 Å². The van der Waals surface area contributed by atoms with Crippen LogP contribution in [0.5, 0.6) is 0 Å². The molecular weight excluding hydrogens is 268 g/mol. The Kier molecular flexibility index (Phi) is 4.75. The summed E-state index contributed by atoms with van der Waals surface area (Å²) in [7, 11) is 0. The molecule has 1 fully saturated rings. The number of hydrogen-bond donors (Lipinski definition) is 1. The van der Waals surface area contributed by atoms with Gasteiger partial charge in [-0.15, -0.1) is 0 Å². The summed E-state index contributed by atoms with van der Waals surface area (Å²) in [6.45, 7) is 3.70. The predicted molar refractivity (Wildman–Crippen MR) is 67.2 cm³/mol. The van der Waals surface area contributed by atoms with E-state index in [0.29, 0.717) is 12.5 Å². The van der Waals surface area contributed by atoms with E-state index >= 15 is 0 Å². The zero-order valence-electron chi connectivity index (χ0n) is 9.29. The van der Waals surface area contributed by atoms with E-state index in [1.165, 1.54) is 12.8 Å². The molecule has 3 nitrogen and oxygen atoms in total. The Morgan fingerprint density at radius 2 is 2.44 bits per heavy atom. The van der Waals surface area contributed by atoms with Crippen molar-refractivity contribution in [2.75, 3.05) is 19.7 Å². The van der Waals surface area contributed by atoms with Gasteiger partial charge < -0.3 is 10.1 Å². The molecule has 1 unspecified atom stereocenters. The molecule has 16 heavy (non-hydrogen) atoms. The van der Waals surface area contributed by atoms with Crippen molar-refractivity contribution in [3.8, 4) is 0 Å². The summed E-state index contributed by atoms with van der Waals surface area (Å²) in [5.74, 6) is 0.671. The highest BCUT2D eigenvalue weighted by Crippen LogP contribution is 2.12. The highest BCUT2D eigenvalue weighted by atomic mass is 79.9. The van der Waals surface area contributed by atoms with Gasteiger partial charge in [-0.3, -0.25) is 4.98 Å². The number of nitrogens with one attached hydrogen (secondary N) is 1. The van der Waals surface area contributed by atoms with Gasteiger partial charge >= 0.3 is 0 Å². The lowest BCUT2D eigenvalue weighted by Gasteiger charge is -2.22. The second-order valence-electron chi connectivity index (χ2n) is 4.20. The number of aromatic nitrogens is 1. The zero-order chi connectivity index (χ0) is 11.2. The number of nitrogens with zero attached hydrogens (tertiary/aromatic N) is 1. The third kappa shape index (κ3) is 3.85. The molecule has 0 bridgehead atoms. The largest absolute Gasteiger partial charge is 0.375 e.